The van der Waals surface area contributed by atoms with Gasteiger partial charge in [-0.3, -0.25) is 0 Å². The fourth-order valence-electron chi connectivity index (χ4n) is 1.69. The van der Waals surface area contributed by atoms with Gasteiger partial charge in [0, 0.05) is 37.3 Å². The maximum atomic E-state index is 12.6. The van der Waals surface area contributed by atoms with Crippen LogP contribution >= 0.6 is 11.6 Å². The first kappa shape index (κ1) is 17.7. The summed E-state index contributed by atoms with van der Waals surface area (Å²) in [5, 5.41) is 8.95. The first-order chi connectivity index (χ1) is 9.84. The standard InChI is InChI=1S/C13H18ClN3O3S/c1-10-12(14)8-11(9-13(10)16)21(18,19)17(5-3-4-15)6-7-20-2/h8-9H,3,5-7,16H2,1-2H3. The number of ether oxygens (including phenoxy) is 1. The Morgan fingerprint density at radius 3 is 2.62 bits per heavy atom. The molecule has 0 saturated carbocycles. The molecule has 21 heavy (non-hydrogen) atoms. The fourth-order valence-corrected chi connectivity index (χ4v) is 3.47. The lowest BCUT2D eigenvalue weighted by molar-refractivity contribution is 0.179. The summed E-state index contributed by atoms with van der Waals surface area (Å²) in [6.45, 7) is 2.20. The van der Waals surface area contributed by atoms with Gasteiger partial charge in [0.05, 0.1) is 17.6 Å². The van der Waals surface area contributed by atoms with Crippen LogP contribution < -0.4 is 5.73 Å². The van der Waals surface area contributed by atoms with Gasteiger partial charge in [-0.2, -0.15) is 9.57 Å². The number of nitrogen functional groups attached to an aromatic ring is 1. The highest BCUT2D eigenvalue weighted by Gasteiger charge is 2.25. The molecule has 116 valence electrons. The van der Waals surface area contributed by atoms with E-state index < -0.39 is 10.0 Å². The van der Waals surface area contributed by atoms with Crippen molar-refractivity contribution in [2.75, 3.05) is 32.5 Å². The lowest BCUT2D eigenvalue weighted by atomic mass is 10.2. The van der Waals surface area contributed by atoms with Crippen LogP contribution in [0, 0.1) is 18.3 Å². The number of nitrogens with two attached hydrogens (primary N) is 1. The molecule has 0 atom stereocenters. The van der Waals surface area contributed by atoms with Crippen LogP contribution in [0.25, 0.3) is 0 Å². The average Bonchev–Trinajstić information content (AvgIpc) is 2.44. The molecule has 0 aliphatic carbocycles. The van der Waals surface area contributed by atoms with Gasteiger partial charge in [-0.25, -0.2) is 8.42 Å². The normalized spacial score (nSPS) is 11.6. The molecular formula is C13H18ClN3O3S. The Kier molecular flexibility index (Phi) is 6.42. The van der Waals surface area contributed by atoms with E-state index in [4.69, 9.17) is 27.3 Å². The highest BCUT2D eigenvalue weighted by atomic mass is 35.5. The maximum Gasteiger partial charge on any atom is 0.243 e. The quantitative estimate of drug-likeness (QED) is 0.768. The first-order valence-electron chi connectivity index (χ1n) is 6.26. The number of benzene rings is 1. The van der Waals surface area contributed by atoms with E-state index in [2.05, 4.69) is 0 Å². The van der Waals surface area contributed by atoms with Gasteiger partial charge in [0.15, 0.2) is 0 Å². The molecule has 0 unspecified atom stereocenters. The highest BCUT2D eigenvalue weighted by Crippen LogP contribution is 2.27. The van der Waals surface area contributed by atoms with Gasteiger partial charge in [-0.1, -0.05) is 11.6 Å². The minimum atomic E-state index is -3.77. The van der Waals surface area contributed by atoms with Gasteiger partial charge in [0.1, 0.15) is 0 Å². The van der Waals surface area contributed by atoms with Crippen LogP contribution in [0.4, 0.5) is 5.69 Å². The van der Waals surface area contributed by atoms with Crippen molar-refractivity contribution < 1.29 is 13.2 Å². The fraction of sp³-hybridized carbons (Fsp3) is 0.462. The maximum absolute atomic E-state index is 12.6. The molecule has 0 heterocycles. The zero-order valence-corrected chi connectivity index (χ0v) is 13.5. The molecular weight excluding hydrogens is 314 g/mol. The summed E-state index contributed by atoms with van der Waals surface area (Å²) in [6.07, 6.45) is 0.0953. The zero-order valence-electron chi connectivity index (χ0n) is 12.0. The Morgan fingerprint density at radius 1 is 1.43 bits per heavy atom. The molecule has 1 aromatic rings. The van der Waals surface area contributed by atoms with Crippen LogP contribution in [0.5, 0.6) is 0 Å². The molecule has 0 aliphatic heterocycles. The molecule has 0 bridgehead atoms. The van der Waals surface area contributed by atoms with Gasteiger partial charge >= 0.3 is 0 Å². The summed E-state index contributed by atoms with van der Waals surface area (Å²) >= 11 is 6.00. The number of anilines is 1. The SMILES string of the molecule is COCCN(CCC#N)S(=O)(=O)c1cc(N)c(C)c(Cl)c1. The predicted molar refractivity (Wildman–Crippen MR) is 81.5 cm³/mol. The Morgan fingerprint density at radius 2 is 2.10 bits per heavy atom. The number of halogens is 1. The second-order valence-corrected chi connectivity index (χ2v) is 6.77. The Balaban J connectivity index is 3.18. The van der Waals surface area contributed by atoms with E-state index in [0.717, 1.165) is 0 Å². The molecule has 2 N–H and O–H groups in total. The smallest absolute Gasteiger partial charge is 0.243 e. The van der Waals surface area contributed by atoms with E-state index >= 15 is 0 Å². The van der Waals surface area contributed by atoms with Crippen LogP contribution in [-0.2, 0) is 14.8 Å². The third kappa shape index (κ3) is 4.32. The highest BCUT2D eigenvalue weighted by molar-refractivity contribution is 7.89. The summed E-state index contributed by atoms with van der Waals surface area (Å²) in [4.78, 5) is 0.0182. The van der Waals surface area contributed by atoms with Gasteiger partial charge in [0.25, 0.3) is 0 Å². The van der Waals surface area contributed by atoms with E-state index in [1.165, 1.54) is 23.5 Å². The van der Waals surface area contributed by atoms with Crippen molar-refractivity contribution in [3.63, 3.8) is 0 Å². The van der Waals surface area contributed by atoms with Gasteiger partial charge in [-0.15, -0.1) is 0 Å². The molecule has 0 fully saturated rings. The van der Waals surface area contributed by atoms with Crippen molar-refractivity contribution >= 4 is 27.3 Å². The number of methoxy groups -OCH3 is 1. The summed E-state index contributed by atoms with van der Waals surface area (Å²) < 4.78 is 31.3. The predicted octanol–water partition coefficient (Wildman–Crippen LogP) is 1.78. The minimum absolute atomic E-state index is 0.0182. The molecule has 0 spiro atoms. The second kappa shape index (κ2) is 7.61. The third-order valence-corrected chi connectivity index (χ3v) is 5.28. The topological polar surface area (TPSA) is 96.4 Å². The van der Waals surface area contributed by atoms with E-state index in [0.29, 0.717) is 16.3 Å². The molecule has 0 amide bonds. The molecule has 6 nitrogen and oxygen atoms in total. The number of rotatable bonds is 7. The largest absolute Gasteiger partial charge is 0.398 e. The van der Waals surface area contributed by atoms with Crippen LogP contribution in [0.2, 0.25) is 5.02 Å². The van der Waals surface area contributed by atoms with Crippen LogP contribution in [0.3, 0.4) is 0 Å². The van der Waals surface area contributed by atoms with E-state index in [9.17, 15) is 8.42 Å². The molecule has 0 saturated heterocycles. The van der Waals surface area contributed by atoms with E-state index in [1.54, 1.807) is 6.92 Å². The first-order valence-corrected chi connectivity index (χ1v) is 8.08. The molecule has 8 heteroatoms. The number of nitriles is 1. The Hall–Kier alpha value is -1.33. The number of hydrogen-bond acceptors (Lipinski definition) is 5. The van der Waals surface area contributed by atoms with Crippen molar-refractivity contribution in [2.24, 2.45) is 0 Å². The van der Waals surface area contributed by atoms with E-state index in [-0.39, 0.29) is 31.0 Å². The van der Waals surface area contributed by atoms with Crippen LogP contribution in [0.1, 0.15) is 12.0 Å². The zero-order chi connectivity index (χ0) is 16.0. The summed E-state index contributed by atoms with van der Waals surface area (Å²) in [6, 6.07) is 4.68. The number of sulfonamides is 1. The lowest BCUT2D eigenvalue weighted by Gasteiger charge is -2.21. The average molecular weight is 332 g/mol. The van der Waals surface area contributed by atoms with E-state index in [1.807, 2.05) is 6.07 Å². The van der Waals surface area contributed by atoms with Gasteiger partial charge < -0.3 is 10.5 Å². The van der Waals surface area contributed by atoms with Crippen LogP contribution in [0.15, 0.2) is 17.0 Å². The Labute approximate surface area is 130 Å². The summed E-state index contributed by atoms with van der Waals surface area (Å²) in [7, 11) is -2.29. The molecule has 0 aromatic heterocycles. The van der Waals surface area contributed by atoms with Gasteiger partial charge in [0.2, 0.25) is 10.0 Å². The molecule has 0 radical (unpaired) electrons. The van der Waals surface area contributed by atoms with Crippen LogP contribution in [-0.4, -0.2) is 39.5 Å². The summed E-state index contributed by atoms with van der Waals surface area (Å²) in [5.74, 6) is 0. The van der Waals surface area contributed by atoms with Crippen molar-refractivity contribution in [1.82, 2.24) is 4.31 Å². The van der Waals surface area contributed by atoms with Crippen molar-refractivity contribution in [2.45, 2.75) is 18.2 Å². The third-order valence-electron chi connectivity index (χ3n) is 3.01. The minimum Gasteiger partial charge on any atom is -0.398 e. The second-order valence-electron chi connectivity index (χ2n) is 4.42. The Bertz CT molecular complexity index is 618. The van der Waals surface area contributed by atoms with Gasteiger partial charge in [-0.05, 0) is 24.6 Å². The number of nitrogens with zero attached hydrogens (tertiary/aromatic N) is 2. The molecule has 1 aromatic carbocycles. The monoisotopic (exact) mass is 331 g/mol. The van der Waals surface area contributed by atoms with Crippen molar-refractivity contribution in [3.8, 4) is 6.07 Å². The van der Waals surface area contributed by atoms with Crippen molar-refractivity contribution in [3.05, 3.63) is 22.7 Å². The molecule has 1 rings (SSSR count). The molecule has 0 aliphatic rings. The number of hydrogen-bond donors (Lipinski definition) is 1. The lowest BCUT2D eigenvalue weighted by Crippen LogP contribution is -2.34. The summed E-state index contributed by atoms with van der Waals surface area (Å²) in [5.41, 5.74) is 6.72. The van der Waals surface area contributed by atoms with Crippen molar-refractivity contribution in [1.29, 1.82) is 5.26 Å².